The number of methoxy groups -OCH3 is 1. The SMILES string of the molecule is C=CC[C@@H]1C(C)C(=O)[C@@H]2[C@H]3C=C[C@@H]4C[C@H](OC)C(=O)O[C@H]([C@@H](C)O[Si](C)(C)C(C)(C)C)[C@H](C)/C=C(/C)[C@]42O[C@H]31. The van der Waals surface area contributed by atoms with Gasteiger partial charge in [0.05, 0.1) is 18.1 Å². The molecule has 4 bridgehead atoms. The molecule has 2 aliphatic heterocycles. The monoisotopic (exact) mass is 558 g/mol. The van der Waals surface area contributed by atoms with Crippen LogP contribution in [0.2, 0.25) is 18.1 Å². The van der Waals surface area contributed by atoms with E-state index in [1.807, 2.05) is 19.9 Å². The summed E-state index contributed by atoms with van der Waals surface area (Å²) < 4.78 is 25.8. The predicted octanol–water partition coefficient (Wildman–Crippen LogP) is 6.28. The fourth-order valence-corrected chi connectivity index (χ4v) is 8.87. The van der Waals surface area contributed by atoms with Crippen molar-refractivity contribution in [3.8, 4) is 0 Å². The number of rotatable bonds is 6. The average Bonchev–Trinajstić information content (AvgIpc) is 3.04. The minimum atomic E-state index is -2.12. The number of Topliss-reactive ketones (excluding diaryl/α,β-unsaturated/α-hetero) is 1. The molecule has 39 heavy (non-hydrogen) atoms. The van der Waals surface area contributed by atoms with Gasteiger partial charge in [0, 0.05) is 30.8 Å². The highest BCUT2D eigenvalue weighted by Crippen LogP contribution is 2.61. The number of hydrogen-bond donors (Lipinski definition) is 0. The number of cyclic esters (lactones) is 1. The van der Waals surface area contributed by atoms with Gasteiger partial charge in [-0.1, -0.05) is 58.9 Å². The Hall–Kier alpha value is -1.54. The Morgan fingerprint density at radius 1 is 1.23 bits per heavy atom. The molecule has 2 aliphatic carbocycles. The summed E-state index contributed by atoms with van der Waals surface area (Å²) >= 11 is 0. The Balaban J connectivity index is 1.79. The van der Waals surface area contributed by atoms with Crippen molar-refractivity contribution in [1.29, 1.82) is 0 Å². The van der Waals surface area contributed by atoms with Gasteiger partial charge in [0.15, 0.2) is 14.4 Å². The first-order chi connectivity index (χ1) is 18.1. The smallest absolute Gasteiger partial charge is 0.335 e. The molecule has 0 aromatic heterocycles. The van der Waals surface area contributed by atoms with Crippen LogP contribution in [-0.2, 0) is 28.2 Å². The fourth-order valence-electron chi connectivity index (χ4n) is 7.45. The molecule has 4 aliphatic rings. The van der Waals surface area contributed by atoms with Crippen LogP contribution in [0.5, 0.6) is 0 Å². The van der Waals surface area contributed by atoms with Crippen LogP contribution < -0.4 is 0 Å². The highest BCUT2D eigenvalue weighted by Gasteiger charge is 2.68. The van der Waals surface area contributed by atoms with Gasteiger partial charge in [0.2, 0.25) is 0 Å². The van der Waals surface area contributed by atoms with Crippen LogP contribution in [0.25, 0.3) is 0 Å². The van der Waals surface area contributed by atoms with Gasteiger partial charge in [-0.3, -0.25) is 4.79 Å². The number of esters is 1. The zero-order chi connectivity index (χ0) is 29.1. The Labute approximate surface area is 236 Å². The van der Waals surface area contributed by atoms with Gasteiger partial charge < -0.3 is 18.6 Å². The molecule has 0 aromatic carbocycles. The van der Waals surface area contributed by atoms with E-state index in [-0.39, 0.29) is 64.5 Å². The average molecular weight is 559 g/mol. The maximum Gasteiger partial charge on any atom is 0.335 e. The third kappa shape index (κ3) is 4.96. The summed E-state index contributed by atoms with van der Waals surface area (Å²) in [6.45, 7) is 23.2. The molecule has 2 heterocycles. The quantitative estimate of drug-likeness (QED) is 0.217. The van der Waals surface area contributed by atoms with Gasteiger partial charge in [0.25, 0.3) is 0 Å². The third-order valence-corrected chi connectivity index (χ3v) is 15.2. The van der Waals surface area contributed by atoms with Crippen molar-refractivity contribution in [3.05, 3.63) is 36.5 Å². The number of carbonyl (C=O) groups is 2. The van der Waals surface area contributed by atoms with E-state index in [1.165, 1.54) is 0 Å². The zero-order valence-electron chi connectivity index (χ0n) is 25.7. The van der Waals surface area contributed by atoms with Crippen LogP contribution in [0, 0.1) is 35.5 Å². The lowest BCUT2D eigenvalue weighted by Gasteiger charge is -2.46. The maximum atomic E-state index is 14.0. The van der Waals surface area contributed by atoms with E-state index >= 15 is 0 Å². The summed E-state index contributed by atoms with van der Waals surface area (Å²) in [5.41, 5.74) is 0.237. The molecule has 7 heteroatoms. The van der Waals surface area contributed by atoms with E-state index in [2.05, 4.69) is 72.5 Å². The molecule has 6 nitrogen and oxygen atoms in total. The van der Waals surface area contributed by atoms with Crippen LogP contribution in [0.3, 0.4) is 0 Å². The summed E-state index contributed by atoms with van der Waals surface area (Å²) in [6, 6.07) is 0. The van der Waals surface area contributed by atoms with Crippen LogP contribution in [0.1, 0.15) is 61.3 Å². The number of carbonyl (C=O) groups excluding carboxylic acids is 2. The summed E-state index contributed by atoms with van der Waals surface area (Å²) in [4.78, 5) is 27.6. The standard InChI is InChI=1S/C32H50O6Si/c1-12-13-23-20(4)27(33)26-24-15-14-22-17-25(35-9)30(34)36-28(21(5)38-39(10,11)31(6,7)8)18(2)16-19(3)32(22,26)37-29(23)24/h12,14-16,18,20-26,28-29H,1,13,17H2,2-11H3/b19-16-/t18-,20?,21-,22-,23-,24-,25+,26+,28+,29+,32+/m1/s1. The largest absolute Gasteiger partial charge is 0.457 e. The molecule has 0 aromatic rings. The molecule has 2 fully saturated rings. The topological polar surface area (TPSA) is 71.1 Å². The molecule has 0 N–H and O–H groups in total. The van der Waals surface area contributed by atoms with Crippen LogP contribution in [-0.4, -0.2) is 57.2 Å². The van der Waals surface area contributed by atoms with Crippen LogP contribution in [0.15, 0.2) is 36.5 Å². The molecule has 218 valence electrons. The van der Waals surface area contributed by atoms with Gasteiger partial charge in [-0.05, 0) is 56.3 Å². The second kappa shape index (κ2) is 10.7. The van der Waals surface area contributed by atoms with Gasteiger partial charge in [-0.25, -0.2) is 4.79 Å². The molecule has 11 atom stereocenters. The van der Waals surface area contributed by atoms with E-state index in [0.717, 1.165) is 12.0 Å². The number of allylic oxidation sites excluding steroid dienone is 1. The number of ketones is 1. The molecule has 4 rings (SSSR count). The van der Waals surface area contributed by atoms with Crippen molar-refractivity contribution in [1.82, 2.24) is 0 Å². The summed E-state index contributed by atoms with van der Waals surface area (Å²) in [6.07, 6.45) is 7.92. The summed E-state index contributed by atoms with van der Waals surface area (Å²) in [5.74, 6) is -0.710. The predicted molar refractivity (Wildman–Crippen MR) is 156 cm³/mol. The van der Waals surface area contributed by atoms with Crippen molar-refractivity contribution >= 4 is 20.1 Å². The second-order valence-corrected chi connectivity index (χ2v) is 18.7. The van der Waals surface area contributed by atoms with Gasteiger partial charge in [-0.2, -0.15) is 0 Å². The molecule has 1 saturated heterocycles. The first-order valence-corrected chi connectivity index (χ1v) is 17.6. The van der Waals surface area contributed by atoms with Crippen LogP contribution >= 0.6 is 0 Å². The molecule has 1 unspecified atom stereocenters. The normalized spacial score (nSPS) is 42.7. The first kappa shape index (κ1) is 30.4. The molecule has 1 saturated carbocycles. The van der Waals surface area contributed by atoms with Crippen molar-refractivity contribution in [2.45, 2.75) is 109 Å². The summed E-state index contributed by atoms with van der Waals surface area (Å²) in [5, 5.41) is 0.0230. The van der Waals surface area contributed by atoms with Crippen molar-refractivity contribution in [3.63, 3.8) is 0 Å². The highest BCUT2D eigenvalue weighted by atomic mass is 28.4. The van der Waals surface area contributed by atoms with Gasteiger partial charge >= 0.3 is 5.97 Å². The summed E-state index contributed by atoms with van der Waals surface area (Å²) in [7, 11) is -0.567. The van der Waals surface area contributed by atoms with E-state index < -0.39 is 26.1 Å². The highest BCUT2D eigenvalue weighted by molar-refractivity contribution is 6.74. The lowest BCUT2D eigenvalue weighted by molar-refractivity contribution is -0.171. The number of ether oxygens (including phenoxy) is 3. The van der Waals surface area contributed by atoms with E-state index in [0.29, 0.717) is 6.42 Å². The third-order valence-electron chi connectivity index (χ3n) is 10.6. The molecule has 0 radical (unpaired) electrons. The van der Waals surface area contributed by atoms with Gasteiger partial charge in [0.1, 0.15) is 17.5 Å². The number of hydrogen-bond acceptors (Lipinski definition) is 6. The maximum absolute atomic E-state index is 14.0. The van der Waals surface area contributed by atoms with Crippen molar-refractivity contribution in [2.75, 3.05) is 7.11 Å². The van der Waals surface area contributed by atoms with Crippen molar-refractivity contribution in [2.24, 2.45) is 35.5 Å². The first-order valence-electron chi connectivity index (χ1n) is 14.7. The molecule has 0 amide bonds. The molecule has 1 spiro atoms. The van der Waals surface area contributed by atoms with Gasteiger partial charge in [-0.15, -0.1) is 6.58 Å². The Morgan fingerprint density at radius 2 is 1.90 bits per heavy atom. The van der Waals surface area contributed by atoms with Crippen molar-refractivity contribution < 1.29 is 28.2 Å². The Bertz CT molecular complexity index is 1040. The van der Waals surface area contributed by atoms with E-state index in [9.17, 15) is 9.59 Å². The lowest BCUT2D eigenvalue weighted by Crippen LogP contribution is -2.54. The molecular formula is C32H50O6Si. The minimum Gasteiger partial charge on any atom is -0.457 e. The zero-order valence-corrected chi connectivity index (χ0v) is 26.7. The fraction of sp³-hybridized carbons (Fsp3) is 0.750. The lowest BCUT2D eigenvalue weighted by atomic mass is 9.56. The second-order valence-electron chi connectivity index (χ2n) is 14.0. The minimum absolute atomic E-state index is 0.0230. The Morgan fingerprint density at radius 3 is 2.49 bits per heavy atom. The van der Waals surface area contributed by atoms with Crippen LogP contribution in [0.4, 0.5) is 0 Å². The molecular weight excluding hydrogens is 508 g/mol. The van der Waals surface area contributed by atoms with E-state index in [1.54, 1.807) is 7.11 Å². The Kier molecular flexibility index (Phi) is 8.34. The van der Waals surface area contributed by atoms with E-state index in [4.69, 9.17) is 18.6 Å².